The third-order valence-corrected chi connectivity index (χ3v) is 11.3. The van der Waals surface area contributed by atoms with Gasteiger partial charge in [0.2, 0.25) is 16.0 Å². The highest BCUT2D eigenvalue weighted by atomic mass is 32.2. The molecule has 3 aliphatic heterocycles. The highest BCUT2D eigenvalue weighted by Gasteiger charge is 2.54. The van der Waals surface area contributed by atoms with Gasteiger partial charge in [-0.3, -0.25) is 4.79 Å². The number of halogens is 1. The van der Waals surface area contributed by atoms with Gasteiger partial charge < -0.3 is 15.0 Å². The number of aromatic nitrogens is 2. The van der Waals surface area contributed by atoms with Crippen molar-refractivity contribution in [3.05, 3.63) is 28.0 Å². The molecule has 1 aliphatic carbocycles. The standard InChI is InChI=1S/C24H30FN5O4S2/c1-14-17-20(24(29(2)21(17)31)7-10-34-11-8-24)35-19(14)18-15(25)12-26-22(28-18)27-16-4-9-30(36(3,32)33)13-23(16)5-6-23/h12,16H,4-11,13H2,1-3H3,(H,26,27,28)/t16-/m0/s1. The average Bonchev–Trinajstić information content (AvgIpc) is 3.49. The molecule has 0 unspecified atom stereocenters. The summed E-state index contributed by atoms with van der Waals surface area (Å²) < 4.78 is 46.3. The Balaban J connectivity index is 1.32. The fraction of sp³-hybridized carbons (Fsp3) is 0.625. The molecular weight excluding hydrogens is 505 g/mol. The van der Waals surface area contributed by atoms with Crippen LogP contribution in [0.2, 0.25) is 0 Å². The Morgan fingerprint density at radius 2 is 1.97 bits per heavy atom. The molecule has 2 aromatic rings. The van der Waals surface area contributed by atoms with Gasteiger partial charge in [-0.1, -0.05) is 0 Å². The Hall–Kier alpha value is -2.15. The number of rotatable bonds is 4. The van der Waals surface area contributed by atoms with Gasteiger partial charge in [-0.15, -0.1) is 11.3 Å². The maximum absolute atomic E-state index is 15.1. The molecule has 1 N–H and O–H groups in total. The molecule has 0 bridgehead atoms. The number of carbonyl (C=O) groups is 1. The molecule has 9 nitrogen and oxygen atoms in total. The van der Waals surface area contributed by atoms with E-state index in [-0.39, 0.29) is 23.1 Å². The number of amides is 1. The minimum Gasteiger partial charge on any atom is -0.381 e. The highest BCUT2D eigenvalue weighted by Crippen LogP contribution is 2.54. The predicted octanol–water partition coefficient (Wildman–Crippen LogP) is 2.97. The van der Waals surface area contributed by atoms with Gasteiger partial charge in [0.25, 0.3) is 5.91 Å². The SMILES string of the molecule is Cc1c(-c2nc(N[C@H]3CCN(S(C)(=O)=O)CC34CC4)ncc2F)sc2c1C(=O)N(C)C21CCOCC1. The number of carbonyl (C=O) groups excluding carboxylic acids is 1. The molecule has 2 saturated heterocycles. The quantitative estimate of drug-likeness (QED) is 0.642. The molecule has 1 atom stereocenters. The van der Waals surface area contributed by atoms with Gasteiger partial charge in [-0.05, 0) is 44.6 Å². The summed E-state index contributed by atoms with van der Waals surface area (Å²) in [6.07, 6.45) is 6.37. The largest absolute Gasteiger partial charge is 0.381 e. The summed E-state index contributed by atoms with van der Waals surface area (Å²) in [6.45, 7) is 3.95. The second-order valence-electron chi connectivity index (χ2n) is 10.6. The Morgan fingerprint density at radius 3 is 2.64 bits per heavy atom. The molecule has 5 heterocycles. The number of nitrogens with zero attached hydrogens (tertiary/aromatic N) is 4. The van der Waals surface area contributed by atoms with Gasteiger partial charge in [0.15, 0.2) is 5.82 Å². The maximum Gasteiger partial charge on any atom is 0.255 e. The molecular formula is C24H30FN5O4S2. The van der Waals surface area contributed by atoms with Crippen molar-refractivity contribution in [1.82, 2.24) is 19.2 Å². The zero-order valence-electron chi connectivity index (χ0n) is 20.6. The molecule has 4 aliphatic rings. The molecule has 3 fully saturated rings. The van der Waals surface area contributed by atoms with Crippen LogP contribution in [0.5, 0.6) is 0 Å². The van der Waals surface area contributed by atoms with Crippen molar-refractivity contribution in [3.63, 3.8) is 0 Å². The molecule has 1 saturated carbocycles. The molecule has 12 heteroatoms. The third-order valence-electron chi connectivity index (χ3n) is 8.57. The molecule has 2 aromatic heterocycles. The van der Waals surface area contributed by atoms with Crippen molar-refractivity contribution < 1.29 is 22.3 Å². The molecule has 194 valence electrons. The summed E-state index contributed by atoms with van der Waals surface area (Å²) in [7, 11) is -1.40. The van der Waals surface area contributed by atoms with Crippen molar-refractivity contribution in [2.24, 2.45) is 5.41 Å². The zero-order valence-corrected chi connectivity index (χ0v) is 22.3. The smallest absolute Gasteiger partial charge is 0.255 e. The molecule has 2 spiro atoms. The van der Waals surface area contributed by atoms with E-state index in [1.807, 2.05) is 18.9 Å². The number of piperidine rings is 1. The first-order chi connectivity index (χ1) is 17.1. The van der Waals surface area contributed by atoms with Crippen LogP contribution in [0.15, 0.2) is 6.20 Å². The highest BCUT2D eigenvalue weighted by molar-refractivity contribution is 7.88. The Bertz CT molecular complexity index is 1350. The zero-order chi connectivity index (χ0) is 25.5. The van der Waals surface area contributed by atoms with Crippen LogP contribution >= 0.6 is 11.3 Å². The predicted molar refractivity (Wildman–Crippen MR) is 134 cm³/mol. The van der Waals surface area contributed by atoms with Crippen LogP contribution in [-0.4, -0.2) is 79.1 Å². The van der Waals surface area contributed by atoms with Crippen LogP contribution in [0.1, 0.15) is 52.9 Å². The van der Waals surface area contributed by atoms with E-state index in [4.69, 9.17) is 4.74 Å². The van der Waals surface area contributed by atoms with Gasteiger partial charge >= 0.3 is 0 Å². The fourth-order valence-electron chi connectivity index (χ4n) is 6.16. The summed E-state index contributed by atoms with van der Waals surface area (Å²) in [5.74, 6) is -0.237. The van der Waals surface area contributed by atoms with Crippen molar-refractivity contribution >= 4 is 33.2 Å². The molecule has 0 radical (unpaired) electrons. The Labute approximate surface area is 214 Å². The first-order valence-corrected chi connectivity index (χ1v) is 15.0. The number of hydrogen-bond acceptors (Lipinski definition) is 8. The van der Waals surface area contributed by atoms with E-state index in [9.17, 15) is 13.2 Å². The lowest BCUT2D eigenvalue weighted by atomic mass is 9.88. The number of anilines is 1. The second kappa shape index (κ2) is 8.17. The van der Waals surface area contributed by atoms with Crippen LogP contribution in [-0.2, 0) is 20.3 Å². The summed E-state index contributed by atoms with van der Waals surface area (Å²) in [6, 6.07) is 0.0176. The normalized spacial score (nSPS) is 24.9. The molecule has 0 aromatic carbocycles. The average molecular weight is 536 g/mol. The van der Waals surface area contributed by atoms with Crippen LogP contribution < -0.4 is 5.32 Å². The first-order valence-electron chi connectivity index (χ1n) is 12.3. The summed E-state index contributed by atoms with van der Waals surface area (Å²) in [5.41, 5.74) is 1.07. The van der Waals surface area contributed by atoms with Crippen LogP contribution in [0.25, 0.3) is 10.6 Å². The van der Waals surface area contributed by atoms with Gasteiger partial charge in [0.05, 0.1) is 28.4 Å². The monoisotopic (exact) mass is 535 g/mol. The number of sulfonamides is 1. The van der Waals surface area contributed by atoms with Gasteiger partial charge in [0.1, 0.15) is 5.69 Å². The van der Waals surface area contributed by atoms with E-state index in [2.05, 4.69) is 15.3 Å². The Morgan fingerprint density at radius 1 is 1.25 bits per heavy atom. The van der Waals surface area contributed by atoms with Crippen LogP contribution in [0.3, 0.4) is 0 Å². The lowest BCUT2D eigenvalue weighted by molar-refractivity contribution is -0.00470. The van der Waals surface area contributed by atoms with Crippen molar-refractivity contribution in [2.45, 2.75) is 50.6 Å². The molecule has 36 heavy (non-hydrogen) atoms. The number of fused-ring (bicyclic) bond motifs is 2. The van der Waals surface area contributed by atoms with E-state index in [1.54, 1.807) is 4.31 Å². The van der Waals surface area contributed by atoms with E-state index in [1.165, 1.54) is 23.8 Å². The van der Waals surface area contributed by atoms with Crippen LogP contribution in [0, 0.1) is 18.2 Å². The first kappa shape index (κ1) is 24.2. The topological polar surface area (TPSA) is 105 Å². The summed E-state index contributed by atoms with van der Waals surface area (Å²) >= 11 is 1.45. The maximum atomic E-state index is 15.1. The van der Waals surface area contributed by atoms with E-state index in [0.717, 1.165) is 36.1 Å². The minimum atomic E-state index is -3.24. The number of hydrogen-bond donors (Lipinski definition) is 1. The molecule has 1 amide bonds. The van der Waals surface area contributed by atoms with E-state index >= 15 is 4.39 Å². The summed E-state index contributed by atoms with van der Waals surface area (Å²) in [5, 5.41) is 3.39. The van der Waals surface area contributed by atoms with Crippen LogP contribution in [0.4, 0.5) is 10.3 Å². The van der Waals surface area contributed by atoms with Crippen molar-refractivity contribution in [3.8, 4) is 10.6 Å². The number of ether oxygens (including phenoxy) is 1. The lowest BCUT2D eigenvalue weighted by Gasteiger charge is -2.39. The lowest BCUT2D eigenvalue weighted by Crippen LogP contribution is -2.49. The van der Waals surface area contributed by atoms with Gasteiger partial charge in [0, 0.05) is 49.7 Å². The third kappa shape index (κ3) is 3.59. The second-order valence-corrected chi connectivity index (χ2v) is 13.6. The molecule has 6 rings (SSSR count). The minimum absolute atomic E-state index is 0.0176. The summed E-state index contributed by atoms with van der Waals surface area (Å²) in [4.78, 5) is 25.5. The van der Waals surface area contributed by atoms with Crippen molar-refractivity contribution in [2.75, 3.05) is 44.9 Å². The van der Waals surface area contributed by atoms with E-state index < -0.39 is 21.4 Å². The number of thiophene rings is 1. The fourth-order valence-corrected chi connectivity index (χ4v) is 8.66. The Kier molecular flexibility index (Phi) is 5.50. The van der Waals surface area contributed by atoms with Crippen molar-refractivity contribution in [1.29, 1.82) is 0 Å². The van der Waals surface area contributed by atoms with Gasteiger partial charge in [-0.2, -0.15) is 0 Å². The van der Waals surface area contributed by atoms with E-state index in [0.29, 0.717) is 49.1 Å². The van der Waals surface area contributed by atoms with Gasteiger partial charge in [-0.25, -0.2) is 27.1 Å². The number of nitrogens with one attached hydrogen (secondary N) is 1.